The average molecular weight is 358 g/mol. The highest BCUT2D eigenvalue weighted by molar-refractivity contribution is 7.18. The predicted molar refractivity (Wildman–Crippen MR) is 98.7 cm³/mol. The Morgan fingerprint density at radius 1 is 1.17 bits per heavy atom. The van der Waals surface area contributed by atoms with Crippen LogP contribution in [0.4, 0.5) is 0 Å². The third-order valence-electron chi connectivity index (χ3n) is 4.00. The van der Waals surface area contributed by atoms with E-state index >= 15 is 0 Å². The van der Waals surface area contributed by atoms with Gasteiger partial charge in [0.2, 0.25) is 5.91 Å². The van der Waals surface area contributed by atoms with Gasteiger partial charge in [-0.1, -0.05) is 18.2 Å². The number of benzene rings is 1. The highest BCUT2D eigenvalue weighted by atomic mass is 32.1. The zero-order valence-electron chi connectivity index (χ0n) is 13.6. The molecule has 0 spiro atoms. The van der Waals surface area contributed by atoms with Gasteiger partial charge in [-0.3, -0.25) is 9.59 Å². The van der Waals surface area contributed by atoms with Crippen molar-refractivity contribution in [1.82, 2.24) is 9.88 Å². The zero-order chi connectivity index (χ0) is 17.1. The molecule has 0 unspecified atom stereocenters. The molecule has 1 amide bonds. The van der Waals surface area contributed by atoms with Gasteiger partial charge in [0.1, 0.15) is 5.01 Å². The first-order valence-corrected chi connectivity index (χ1v) is 9.43. The highest BCUT2D eigenvalue weighted by Crippen LogP contribution is 2.29. The molecule has 1 aromatic carbocycles. The Hall–Kier alpha value is -2.05. The number of hydrogen-bond donors (Lipinski definition) is 0. The molecule has 6 heteroatoms. The maximum Gasteiger partial charge on any atom is 0.223 e. The number of thiazole rings is 1. The van der Waals surface area contributed by atoms with Crippen LogP contribution in [-0.2, 0) is 4.79 Å². The van der Waals surface area contributed by atoms with Crippen molar-refractivity contribution in [3.8, 4) is 0 Å². The lowest BCUT2D eigenvalue weighted by atomic mass is 10.1. The normalized spacial score (nSPS) is 12.2. The fraction of sp³-hybridized carbons (Fsp3) is 0.278. The van der Waals surface area contributed by atoms with Gasteiger partial charge >= 0.3 is 0 Å². The van der Waals surface area contributed by atoms with E-state index in [2.05, 4.69) is 4.98 Å². The summed E-state index contributed by atoms with van der Waals surface area (Å²) in [5.74, 6) is -0.00828. The molecule has 3 rings (SSSR count). The molecule has 1 atom stereocenters. The molecular formula is C18H18N2O2S2. The summed E-state index contributed by atoms with van der Waals surface area (Å²) in [6.07, 6.45) is 0.471. The van der Waals surface area contributed by atoms with Gasteiger partial charge in [-0.2, -0.15) is 0 Å². The molecule has 0 radical (unpaired) electrons. The third-order valence-corrected chi connectivity index (χ3v) is 6.12. The molecule has 4 nitrogen and oxygen atoms in total. The van der Waals surface area contributed by atoms with Crippen LogP contribution in [0, 0.1) is 0 Å². The number of thiophene rings is 1. The smallest absolute Gasteiger partial charge is 0.223 e. The first-order valence-electron chi connectivity index (χ1n) is 7.74. The largest absolute Gasteiger partial charge is 0.337 e. The van der Waals surface area contributed by atoms with E-state index in [1.807, 2.05) is 42.6 Å². The number of hydrogen-bond acceptors (Lipinski definition) is 5. The molecule has 124 valence electrons. The van der Waals surface area contributed by atoms with E-state index in [1.165, 1.54) is 11.3 Å². The van der Waals surface area contributed by atoms with Gasteiger partial charge in [0, 0.05) is 19.9 Å². The second-order valence-electron chi connectivity index (χ2n) is 5.60. The summed E-state index contributed by atoms with van der Waals surface area (Å²) in [5.41, 5.74) is 0.957. The number of fused-ring (bicyclic) bond motifs is 1. The van der Waals surface area contributed by atoms with Gasteiger partial charge in [0.15, 0.2) is 5.78 Å². The summed E-state index contributed by atoms with van der Waals surface area (Å²) in [4.78, 5) is 31.4. The van der Waals surface area contributed by atoms with Gasteiger partial charge in [0.05, 0.1) is 21.1 Å². The number of amides is 1. The number of carbonyl (C=O) groups is 2. The van der Waals surface area contributed by atoms with Gasteiger partial charge in [-0.05, 0) is 30.5 Å². The Morgan fingerprint density at radius 2 is 1.96 bits per heavy atom. The second-order valence-corrected chi connectivity index (χ2v) is 7.61. The fourth-order valence-corrected chi connectivity index (χ4v) is 4.16. The quantitative estimate of drug-likeness (QED) is 0.608. The van der Waals surface area contributed by atoms with Crippen molar-refractivity contribution in [2.45, 2.75) is 25.8 Å². The minimum Gasteiger partial charge on any atom is -0.337 e. The summed E-state index contributed by atoms with van der Waals surface area (Å²) < 4.78 is 1.12. The molecule has 0 saturated heterocycles. The third kappa shape index (κ3) is 3.55. The Balaban J connectivity index is 1.63. The molecule has 0 aliphatic carbocycles. The van der Waals surface area contributed by atoms with Crippen LogP contribution in [-0.4, -0.2) is 28.6 Å². The standard InChI is InChI=1S/C18H18N2O2S2/c1-12(18-19-13-6-3-4-7-15(13)24-18)20(2)17(22)10-9-14(21)16-8-5-11-23-16/h3-8,11-12H,9-10H2,1-2H3/t12-/m1/s1. The number of ketones is 1. The Labute approximate surface area is 148 Å². The predicted octanol–water partition coefficient (Wildman–Crippen LogP) is 4.54. The zero-order valence-corrected chi connectivity index (χ0v) is 15.2. The number of para-hydroxylation sites is 1. The Kier molecular flexibility index (Phi) is 5.06. The molecular weight excluding hydrogens is 340 g/mol. The maximum absolute atomic E-state index is 12.4. The van der Waals surface area contributed by atoms with Crippen molar-refractivity contribution in [3.05, 3.63) is 51.7 Å². The van der Waals surface area contributed by atoms with Crippen LogP contribution in [0.5, 0.6) is 0 Å². The van der Waals surface area contributed by atoms with E-state index in [0.717, 1.165) is 15.2 Å². The van der Waals surface area contributed by atoms with Crippen molar-refractivity contribution < 1.29 is 9.59 Å². The Morgan fingerprint density at radius 3 is 2.67 bits per heavy atom. The monoisotopic (exact) mass is 358 g/mol. The molecule has 3 aromatic rings. The van der Waals surface area contributed by atoms with Crippen LogP contribution in [0.1, 0.15) is 40.5 Å². The molecule has 2 heterocycles. The van der Waals surface area contributed by atoms with Crippen molar-refractivity contribution in [1.29, 1.82) is 0 Å². The summed E-state index contributed by atoms with van der Waals surface area (Å²) in [6.45, 7) is 1.97. The van der Waals surface area contributed by atoms with E-state index in [9.17, 15) is 9.59 Å². The molecule has 0 N–H and O–H groups in total. The van der Waals surface area contributed by atoms with E-state index < -0.39 is 0 Å². The first-order chi connectivity index (χ1) is 11.6. The molecule has 0 aliphatic rings. The van der Waals surface area contributed by atoms with E-state index in [-0.39, 0.29) is 30.6 Å². The van der Waals surface area contributed by atoms with Crippen LogP contribution in [0.15, 0.2) is 41.8 Å². The topological polar surface area (TPSA) is 50.3 Å². The fourth-order valence-electron chi connectivity index (χ4n) is 2.41. The lowest BCUT2D eigenvalue weighted by Gasteiger charge is -2.23. The summed E-state index contributed by atoms with van der Waals surface area (Å²) in [7, 11) is 1.77. The van der Waals surface area contributed by atoms with E-state index in [0.29, 0.717) is 4.88 Å². The van der Waals surface area contributed by atoms with Gasteiger partial charge < -0.3 is 4.90 Å². The van der Waals surface area contributed by atoms with Crippen molar-refractivity contribution in [2.24, 2.45) is 0 Å². The number of carbonyl (C=O) groups excluding carboxylic acids is 2. The molecule has 2 aromatic heterocycles. The lowest BCUT2D eigenvalue weighted by Crippen LogP contribution is -2.29. The van der Waals surface area contributed by atoms with Crippen LogP contribution < -0.4 is 0 Å². The first kappa shape index (κ1) is 16.8. The minimum absolute atomic E-state index is 0.0272. The van der Waals surface area contributed by atoms with E-state index in [1.54, 1.807) is 29.4 Å². The van der Waals surface area contributed by atoms with E-state index in [4.69, 9.17) is 0 Å². The van der Waals surface area contributed by atoms with Crippen LogP contribution in [0.3, 0.4) is 0 Å². The summed E-state index contributed by atoms with van der Waals surface area (Å²) >= 11 is 3.02. The minimum atomic E-state index is -0.105. The highest BCUT2D eigenvalue weighted by Gasteiger charge is 2.21. The van der Waals surface area contributed by atoms with Crippen molar-refractivity contribution >= 4 is 44.6 Å². The second kappa shape index (κ2) is 7.23. The maximum atomic E-state index is 12.4. The van der Waals surface area contributed by atoms with Crippen LogP contribution >= 0.6 is 22.7 Å². The SMILES string of the molecule is C[C@H](c1nc2ccccc2s1)N(C)C(=O)CCC(=O)c1cccs1. The van der Waals surface area contributed by atoms with Crippen molar-refractivity contribution in [3.63, 3.8) is 0 Å². The molecule has 0 aliphatic heterocycles. The number of rotatable bonds is 6. The lowest BCUT2D eigenvalue weighted by molar-refractivity contribution is -0.131. The molecule has 0 fully saturated rings. The molecule has 24 heavy (non-hydrogen) atoms. The molecule has 0 bridgehead atoms. The summed E-state index contributed by atoms with van der Waals surface area (Å²) in [5, 5.41) is 2.78. The number of Topliss-reactive ketones (excluding diaryl/α,β-unsaturated/α-hetero) is 1. The number of aromatic nitrogens is 1. The number of nitrogens with zero attached hydrogens (tertiary/aromatic N) is 2. The van der Waals surface area contributed by atoms with Crippen molar-refractivity contribution in [2.75, 3.05) is 7.05 Å². The van der Waals surface area contributed by atoms with Gasteiger partial charge in [0.25, 0.3) is 0 Å². The van der Waals surface area contributed by atoms with Crippen LogP contribution in [0.2, 0.25) is 0 Å². The van der Waals surface area contributed by atoms with Crippen LogP contribution in [0.25, 0.3) is 10.2 Å². The molecule has 0 saturated carbocycles. The average Bonchev–Trinajstić information content (AvgIpc) is 3.26. The van der Waals surface area contributed by atoms with Gasteiger partial charge in [-0.25, -0.2) is 4.98 Å². The summed E-state index contributed by atoms with van der Waals surface area (Å²) in [6, 6.07) is 11.5. The Bertz CT molecular complexity index is 822. The van der Waals surface area contributed by atoms with Gasteiger partial charge in [-0.15, -0.1) is 22.7 Å².